The zero-order valence-corrected chi connectivity index (χ0v) is 12.9. The summed E-state index contributed by atoms with van der Waals surface area (Å²) in [6.45, 7) is 1.88. The lowest BCUT2D eigenvalue weighted by atomic mass is 9.98. The van der Waals surface area contributed by atoms with E-state index < -0.39 is 12.0 Å². The molecule has 0 fully saturated rings. The highest BCUT2D eigenvalue weighted by Gasteiger charge is 2.20. The first-order valence-corrected chi connectivity index (χ1v) is 7.09. The molecule has 2 N–H and O–H groups in total. The molecule has 2 rings (SSSR count). The quantitative estimate of drug-likeness (QED) is 0.854. The maximum absolute atomic E-state index is 12.4. The molecule has 1 amide bonds. The average molecular weight is 314 g/mol. The van der Waals surface area contributed by atoms with Crippen molar-refractivity contribution >= 4 is 11.9 Å². The van der Waals surface area contributed by atoms with Crippen LogP contribution in [0.3, 0.4) is 0 Å². The normalized spacial score (nSPS) is 11.6. The molecule has 2 aromatic rings. The van der Waals surface area contributed by atoms with Gasteiger partial charge in [-0.1, -0.05) is 24.3 Å². The van der Waals surface area contributed by atoms with Crippen LogP contribution in [0.25, 0.3) is 0 Å². The van der Waals surface area contributed by atoms with Gasteiger partial charge < -0.3 is 15.2 Å². The number of nitrogens with one attached hydrogen (secondary N) is 1. The van der Waals surface area contributed by atoms with Crippen molar-refractivity contribution in [2.45, 2.75) is 19.4 Å². The first-order valence-electron chi connectivity index (χ1n) is 7.09. The standard InChI is InChI=1S/C17H18N2O4/c1-11-5-3-4-6-13(11)14(10-16(20)21)19-17(22)12-7-8-18-15(9-12)23-2/h3-9,14H,10H2,1-2H3,(H,19,22)(H,20,21)/t14-/m0/s1. The maximum Gasteiger partial charge on any atom is 0.305 e. The molecule has 1 atom stereocenters. The van der Waals surface area contributed by atoms with Crippen molar-refractivity contribution in [3.8, 4) is 5.88 Å². The van der Waals surface area contributed by atoms with E-state index in [9.17, 15) is 9.59 Å². The van der Waals surface area contributed by atoms with Crippen LogP contribution >= 0.6 is 0 Å². The first-order chi connectivity index (χ1) is 11.0. The number of aryl methyl sites for hydroxylation is 1. The van der Waals surface area contributed by atoms with E-state index in [-0.39, 0.29) is 12.3 Å². The van der Waals surface area contributed by atoms with Gasteiger partial charge in [0, 0.05) is 17.8 Å². The third kappa shape index (κ3) is 4.29. The number of carbonyl (C=O) groups is 2. The Morgan fingerprint density at radius 3 is 2.70 bits per heavy atom. The number of rotatable bonds is 6. The van der Waals surface area contributed by atoms with Gasteiger partial charge in [0.1, 0.15) is 0 Å². The van der Waals surface area contributed by atoms with Crippen molar-refractivity contribution in [1.29, 1.82) is 0 Å². The second-order valence-electron chi connectivity index (χ2n) is 5.07. The van der Waals surface area contributed by atoms with Crippen LogP contribution in [-0.4, -0.2) is 29.1 Å². The molecule has 0 saturated carbocycles. The highest BCUT2D eigenvalue weighted by Crippen LogP contribution is 2.21. The number of hydrogen-bond donors (Lipinski definition) is 2. The first kappa shape index (κ1) is 16.5. The van der Waals surface area contributed by atoms with Crippen molar-refractivity contribution in [1.82, 2.24) is 10.3 Å². The lowest BCUT2D eigenvalue weighted by Crippen LogP contribution is -2.30. The van der Waals surface area contributed by atoms with Crippen LogP contribution < -0.4 is 10.1 Å². The number of carbonyl (C=O) groups excluding carboxylic acids is 1. The van der Waals surface area contributed by atoms with Crippen molar-refractivity contribution in [3.05, 3.63) is 59.3 Å². The molecule has 0 aliphatic heterocycles. The van der Waals surface area contributed by atoms with Gasteiger partial charge in [0.2, 0.25) is 5.88 Å². The van der Waals surface area contributed by atoms with Gasteiger partial charge in [0.05, 0.1) is 19.6 Å². The summed E-state index contributed by atoms with van der Waals surface area (Å²) < 4.78 is 4.99. The van der Waals surface area contributed by atoms with Gasteiger partial charge >= 0.3 is 5.97 Å². The fourth-order valence-corrected chi connectivity index (χ4v) is 2.30. The molecule has 0 spiro atoms. The Labute approximate surface area is 134 Å². The monoisotopic (exact) mass is 314 g/mol. The van der Waals surface area contributed by atoms with Crippen LogP contribution in [0.15, 0.2) is 42.6 Å². The summed E-state index contributed by atoms with van der Waals surface area (Å²) in [4.78, 5) is 27.5. The summed E-state index contributed by atoms with van der Waals surface area (Å²) in [5.41, 5.74) is 2.07. The maximum atomic E-state index is 12.4. The number of aromatic nitrogens is 1. The summed E-state index contributed by atoms with van der Waals surface area (Å²) in [7, 11) is 1.46. The third-order valence-corrected chi connectivity index (χ3v) is 3.45. The van der Waals surface area contributed by atoms with E-state index in [4.69, 9.17) is 9.84 Å². The molecule has 0 aliphatic rings. The third-order valence-electron chi connectivity index (χ3n) is 3.45. The van der Waals surface area contributed by atoms with E-state index in [2.05, 4.69) is 10.3 Å². The fraction of sp³-hybridized carbons (Fsp3) is 0.235. The predicted octanol–water partition coefficient (Wildman–Crippen LogP) is 2.34. The summed E-state index contributed by atoms with van der Waals surface area (Å²) in [6.07, 6.45) is 1.27. The number of benzene rings is 1. The number of methoxy groups -OCH3 is 1. The largest absolute Gasteiger partial charge is 0.481 e. The molecule has 0 radical (unpaired) electrons. The minimum atomic E-state index is -0.981. The van der Waals surface area contributed by atoms with Gasteiger partial charge in [-0.25, -0.2) is 4.98 Å². The summed E-state index contributed by atoms with van der Waals surface area (Å²) in [6, 6.07) is 9.83. The van der Waals surface area contributed by atoms with E-state index in [1.807, 2.05) is 31.2 Å². The molecule has 0 saturated heterocycles. The van der Waals surface area contributed by atoms with Crippen molar-refractivity contribution in [3.63, 3.8) is 0 Å². The number of aliphatic carboxylic acids is 1. The van der Waals surface area contributed by atoms with E-state index in [0.29, 0.717) is 11.4 Å². The number of nitrogens with zero attached hydrogens (tertiary/aromatic N) is 1. The molecular weight excluding hydrogens is 296 g/mol. The Morgan fingerprint density at radius 1 is 1.30 bits per heavy atom. The summed E-state index contributed by atoms with van der Waals surface area (Å²) in [5, 5.41) is 11.9. The molecular formula is C17H18N2O4. The number of amides is 1. The Balaban J connectivity index is 2.25. The van der Waals surface area contributed by atoms with Crippen molar-refractivity contribution in [2.75, 3.05) is 7.11 Å². The van der Waals surface area contributed by atoms with Gasteiger partial charge in [-0.3, -0.25) is 9.59 Å². The number of carboxylic acid groups (broad SMARTS) is 1. The molecule has 1 aromatic carbocycles. The van der Waals surface area contributed by atoms with E-state index in [1.165, 1.54) is 19.4 Å². The fourth-order valence-electron chi connectivity index (χ4n) is 2.30. The highest BCUT2D eigenvalue weighted by atomic mass is 16.5. The molecule has 120 valence electrons. The number of hydrogen-bond acceptors (Lipinski definition) is 4. The van der Waals surface area contributed by atoms with Crippen LogP contribution in [0.5, 0.6) is 5.88 Å². The highest BCUT2D eigenvalue weighted by molar-refractivity contribution is 5.94. The minimum absolute atomic E-state index is 0.196. The molecule has 0 unspecified atom stereocenters. The molecule has 23 heavy (non-hydrogen) atoms. The average Bonchev–Trinajstić information content (AvgIpc) is 2.54. The van der Waals surface area contributed by atoms with Gasteiger partial charge in [0.15, 0.2) is 0 Å². The smallest absolute Gasteiger partial charge is 0.305 e. The van der Waals surface area contributed by atoms with E-state index >= 15 is 0 Å². The van der Waals surface area contributed by atoms with Crippen LogP contribution in [0.1, 0.15) is 33.9 Å². The Kier molecular flexibility index (Phi) is 5.30. The molecule has 0 bridgehead atoms. The SMILES string of the molecule is COc1cc(C(=O)N[C@@H](CC(=O)O)c2ccccc2C)ccn1. The number of carboxylic acids is 1. The minimum Gasteiger partial charge on any atom is -0.481 e. The Hall–Kier alpha value is -2.89. The van der Waals surface area contributed by atoms with E-state index in [1.54, 1.807) is 6.07 Å². The van der Waals surface area contributed by atoms with Crippen LogP contribution in [-0.2, 0) is 4.79 Å². The molecule has 6 heteroatoms. The molecule has 1 aromatic heterocycles. The van der Waals surface area contributed by atoms with Crippen molar-refractivity contribution in [2.24, 2.45) is 0 Å². The van der Waals surface area contributed by atoms with Crippen LogP contribution in [0.2, 0.25) is 0 Å². The molecule has 0 aliphatic carbocycles. The predicted molar refractivity (Wildman–Crippen MR) is 84.4 cm³/mol. The summed E-state index contributed by atoms with van der Waals surface area (Å²) >= 11 is 0. The second-order valence-corrected chi connectivity index (χ2v) is 5.07. The summed E-state index contributed by atoms with van der Waals surface area (Å²) in [5.74, 6) is -1.03. The van der Waals surface area contributed by atoms with Crippen LogP contribution in [0.4, 0.5) is 0 Å². The topological polar surface area (TPSA) is 88.5 Å². The van der Waals surface area contributed by atoms with Gasteiger partial charge in [0.25, 0.3) is 5.91 Å². The van der Waals surface area contributed by atoms with Gasteiger partial charge in [-0.05, 0) is 24.1 Å². The number of pyridine rings is 1. The molecule has 1 heterocycles. The second kappa shape index (κ2) is 7.40. The van der Waals surface area contributed by atoms with Crippen LogP contribution in [0, 0.1) is 6.92 Å². The van der Waals surface area contributed by atoms with Gasteiger partial charge in [-0.2, -0.15) is 0 Å². The van der Waals surface area contributed by atoms with Gasteiger partial charge in [-0.15, -0.1) is 0 Å². The number of ether oxygens (including phenoxy) is 1. The zero-order chi connectivity index (χ0) is 16.8. The molecule has 6 nitrogen and oxygen atoms in total. The van der Waals surface area contributed by atoms with E-state index in [0.717, 1.165) is 11.1 Å². The van der Waals surface area contributed by atoms with Crippen molar-refractivity contribution < 1.29 is 19.4 Å². The Morgan fingerprint density at radius 2 is 2.04 bits per heavy atom. The zero-order valence-electron chi connectivity index (χ0n) is 12.9. The lowest BCUT2D eigenvalue weighted by molar-refractivity contribution is -0.137. The Bertz CT molecular complexity index is 715. The lowest BCUT2D eigenvalue weighted by Gasteiger charge is -2.19.